The molecule has 0 saturated carbocycles. The fourth-order valence-electron chi connectivity index (χ4n) is 2.80. The van der Waals surface area contributed by atoms with E-state index in [0.717, 1.165) is 5.56 Å². The first-order valence-corrected chi connectivity index (χ1v) is 10.0. The minimum atomic E-state index is -1.02. The first kappa shape index (κ1) is 24.2. The summed E-state index contributed by atoms with van der Waals surface area (Å²) in [6.45, 7) is 5.00. The highest BCUT2D eigenvalue weighted by atomic mass is 16.5. The number of carbonyl (C=O) groups excluding carboxylic acids is 1. The van der Waals surface area contributed by atoms with Gasteiger partial charge in [0.15, 0.2) is 6.10 Å². The molecule has 0 aliphatic heterocycles. The van der Waals surface area contributed by atoms with Gasteiger partial charge < -0.3 is 29.7 Å². The Morgan fingerprint density at radius 1 is 1.00 bits per heavy atom. The molecule has 0 heterocycles. The summed E-state index contributed by atoms with van der Waals surface area (Å²) < 4.78 is 16.6. The zero-order valence-corrected chi connectivity index (χ0v) is 17.9. The van der Waals surface area contributed by atoms with Crippen molar-refractivity contribution in [1.82, 2.24) is 0 Å². The van der Waals surface area contributed by atoms with Crippen LogP contribution in [-0.4, -0.2) is 53.6 Å². The third-order valence-electron chi connectivity index (χ3n) is 4.07. The molecule has 0 spiro atoms. The van der Waals surface area contributed by atoms with Crippen molar-refractivity contribution in [2.45, 2.75) is 45.5 Å². The Morgan fingerprint density at radius 3 is 2.19 bits per heavy atom. The van der Waals surface area contributed by atoms with E-state index in [2.05, 4.69) is 5.32 Å². The van der Waals surface area contributed by atoms with Crippen LogP contribution in [0, 0.1) is 0 Å². The van der Waals surface area contributed by atoms with E-state index >= 15 is 0 Å². The van der Waals surface area contributed by atoms with Crippen molar-refractivity contribution >= 4 is 17.6 Å². The summed E-state index contributed by atoms with van der Waals surface area (Å²) in [4.78, 5) is 22.5. The molecule has 1 amide bonds. The maximum atomic E-state index is 11.4. The first-order chi connectivity index (χ1) is 14.7. The number of aliphatic hydroxyl groups excluding tert-OH is 1. The fraction of sp³-hybridized carbons (Fsp3) is 0.391. The average molecular weight is 431 g/mol. The van der Waals surface area contributed by atoms with E-state index in [1.54, 1.807) is 62.4 Å². The van der Waals surface area contributed by atoms with Gasteiger partial charge in [0.25, 0.3) is 0 Å². The van der Waals surface area contributed by atoms with E-state index in [0.29, 0.717) is 17.2 Å². The molecule has 3 N–H and O–H groups in total. The number of anilines is 1. The van der Waals surface area contributed by atoms with Crippen molar-refractivity contribution < 1.29 is 34.0 Å². The summed E-state index contributed by atoms with van der Waals surface area (Å²) >= 11 is 0. The summed E-state index contributed by atoms with van der Waals surface area (Å²) in [6, 6.07) is 13.9. The second-order valence-corrected chi connectivity index (χ2v) is 7.35. The summed E-state index contributed by atoms with van der Waals surface area (Å²) in [5, 5.41) is 22.1. The minimum absolute atomic E-state index is 0.000304. The SMILES string of the molecule is CC(=O)Nc1cccc(OCC(O)COc2cccc(CC(OC(C)C)C(=O)O)c2)c1. The highest BCUT2D eigenvalue weighted by Crippen LogP contribution is 2.19. The van der Waals surface area contributed by atoms with Crippen LogP contribution in [0.2, 0.25) is 0 Å². The van der Waals surface area contributed by atoms with Gasteiger partial charge in [-0.1, -0.05) is 18.2 Å². The predicted molar refractivity (Wildman–Crippen MR) is 116 cm³/mol. The van der Waals surface area contributed by atoms with Crippen LogP contribution < -0.4 is 14.8 Å². The van der Waals surface area contributed by atoms with Crippen molar-refractivity contribution in [3.8, 4) is 11.5 Å². The lowest BCUT2D eigenvalue weighted by Gasteiger charge is -2.17. The summed E-state index contributed by atoms with van der Waals surface area (Å²) in [7, 11) is 0. The van der Waals surface area contributed by atoms with Crippen LogP contribution in [0.3, 0.4) is 0 Å². The summed E-state index contributed by atoms with van der Waals surface area (Å²) in [5.74, 6) is -0.177. The Morgan fingerprint density at radius 2 is 1.61 bits per heavy atom. The van der Waals surface area contributed by atoms with Gasteiger partial charge in [0.05, 0.1) is 6.10 Å². The second-order valence-electron chi connectivity index (χ2n) is 7.35. The number of carboxylic acids is 1. The number of hydrogen-bond donors (Lipinski definition) is 3. The standard InChI is InChI=1S/C23H29NO7/c1-15(2)31-22(23(27)28)11-17-6-4-8-20(10-17)29-13-19(26)14-30-21-9-5-7-18(12-21)24-16(3)25/h4-10,12,15,19,22,26H,11,13-14H2,1-3H3,(H,24,25)(H,27,28). The molecule has 2 unspecified atom stereocenters. The lowest BCUT2D eigenvalue weighted by Crippen LogP contribution is -2.29. The van der Waals surface area contributed by atoms with Gasteiger partial charge in [0, 0.05) is 25.1 Å². The molecule has 2 atom stereocenters. The monoisotopic (exact) mass is 431 g/mol. The van der Waals surface area contributed by atoms with Crippen LogP contribution in [0.5, 0.6) is 11.5 Å². The minimum Gasteiger partial charge on any atom is -0.491 e. The molecule has 168 valence electrons. The average Bonchev–Trinajstić information content (AvgIpc) is 2.70. The quantitative estimate of drug-likeness (QED) is 0.473. The van der Waals surface area contributed by atoms with Crippen molar-refractivity contribution in [3.63, 3.8) is 0 Å². The Kier molecular flexibility index (Phi) is 9.30. The number of nitrogens with one attached hydrogen (secondary N) is 1. The number of hydrogen-bond acceptors (Lipinski definition) is 6. The molecule has 0 radical (unpaired) electrons. The van der Waals surface area contributed by atoms with Gasteiger partial charge in [0.1, 0.15) is 30.8 Å². The summed E-state index contributed by atoms with van der Waals surface area (Å²) in [6.07, 6.45) is -1.82. The molecule has 2 aromatic rings. The molecule has 31 heavy (non-hydrogen) atoms. The Balaban J connectivity index is 1.85. The van der Waals surface area contributed by atoms with Crippen LogP contribution in [0.25, 0.3) is 0 Å². The largest absolute Gasteiger partial charge is 0.491 e. The number of benzene rings is 2. The lowest BCUT2D eigenvalue weighted by atomic mass is 10.1. The molecule has 8 heteroatoms. The van der Waals surface area contributed by atoms with Crippen LogP contribution >= 0.6 is 0 Å². The van der Waals surface area contributed by atoms with Gasteiger partial charge >= 0.3 is 5.97 Å². The van der Waals surface area contributed by atoms with Crippen LogP contribution in [0.4, 0.5) is 5.69 Å². The Hall–Kier alpha value is -3.10. The summed E-state index contributed by atoms with van der Waals surface area (Å²) in [5.41, 5.74) is 1.36. The molecule has 0 aliphatic carbocycles. The molecule has 0 aromatic heterocycles. The predicted octanol–water partition coefficient (Wildman–Crippen LogP) is 2.88. The maximum absolute atomic E-state index is 11.4. The molecule has 0 saturated heterocycles. The fourth-order valence-corrected chi connectivity index (χ4v) is 2.80. The van der Waals surface area contributed by atoms with Crippen LogP contribution in [-0.2, 0) is 20.7 Å². The van der Waals surface area contributed by atoms with Crippen LogP contribution in [0.1, 0.15) is 26.3 Å². The van der Waals surface area contributed by atoms with Gasteiger partial charge in [-0.25, -0.2) is 4.79 Å². The highest BCUT2D eigenvalue weighted by molar-refractivity contribution is 5.88. The molecule has 0 fully saturated rings. The topological polar surface area (TPSA) is 114 Å². The van der Waals surface area contributed by atoms with Crippen molar-refractivity contribution in [2.75, 3.05) is 18.5 Å². The van der Waals surface area contributed by atoms with Crippen LogP contribution in [0.15, 0.2) is 48.5 Å². The third kappa shape index (κ3) is 9.06. The molecule has 2 aromatic carbocycles. The highest BCUT2D eigenvalue weighted by Gasteiger charge is 2.20. The normalized spacial score (nSPS) is 12.8. The molecule has 0 aliphatic rings. The molecular weight excluding hydrogens is 402 g/mol. The number of carbonyl (C=O) groups is 2. The lowest BCUT2D eigenvalue weighted by molar-refractivity contribution is -0.153. The van der Waals surface area contributed by atoms with Gasteiger partial charge in [0.2, 0.25) is 5.91 Å². The number of aliphatic hydroxyl groups is 1. The Labute approximate surface area is 181 Å². The van der Waals surface area contributed by atoms with E-state index in [-0.39, 0.29) is 31.6 Å². The third-order valence-corrected chi connectivity index (χ3v) is 4.07. The van der Waals surface area contributed by atoms with E-state index in [1.807, 2.05) is 0 Å². The number of amides is 1. The van der Waals surface area contributed by atoms with Gasteiger partial charge in [-0.05, 0) is 43.7 Å². The van der Waals surface area contributed by atoms with Crippen molar-refractivity contribution in [2.24, 2.45) is 0 Å². The molecule has 2 rings (SSSR count). The zero-order valence-electron chi connectivity index (χ0n) is 17.9. The van der Waals surface area contributed by atoms with Gasteiger partial charge in [-0.15, -0.1) is 0 Å². The zero-order chi connectivity index (χ0) is 22.8. The maximum Gasteiger partial charge on any atom is 0.333 e. The molecule has 0 bridgehead atoms. The van der Waals surface area contributed by atoms with Gasteiger partial charge in [-0.2, -0.15) is 0 Å². The Bertz CT molecular complexity index is 869. The number of ether oxygens (including phenoxy) is 3. The molecular formula is C23H29NO7. The molecule has 8 nitrogen and oxygen atoms in total. The number of carboxylic acid groups (broad SMARTS) is 1. The van der Waals surface area contributed by atoms with E-state index in [4.69, 9.17) is 14.2 Å². The van der Waals surface area contributed by atoms with E-state index < -0.39 is 18.2 Å². The van der Waals surface area contributed by atoms with E-state index in [1.165, 1.54) is 6.92 Å². The first-order valence-electron chi connectivity index (χ1n) is 10.0. The number of aliphatic carboxylic acids is 1. The number of rotatable bonds is 12. The smallest absolute Gasteiger partial charge is 0.333 e. The van der Waals surface area contributed by atoms with Crippen molar-refractivity contribution in [1.29, 1.82) is 0 Å². The second kappa shape index (κ2) is 11.9. The van der Waals surface area contributed by atoms with E-state index in [9.17, 15) is 19.8 Å². The van der Waals surface area contributed by atoms with Crippen molar-refractivity contribution in [3.05, 3.63) is 54.1 Å². The van der Waals surface area contributed by atoms with Gasteiger partial charge in [-0.3, -0.25) is 4.79 Å².